The maximum atomic E-state index is 12.9. The van der Waals surface area contributed by atoms with Crippen LogP contribution in [0, 0.1) is 0 Å². The average molecular weight is 413 g/mol. The molecule has 2 amide bonds. The maximum absolute atomic E-state index is 12.9. The second-order valence-electron chi connectivity index (χ2n) is 7.12. The van der Waals surface area contributed by atoms with Crippen molar-refractivity contribution in [3.05, 3.63) is 52.4 Å². The molecule has 3 aromatic rings. The topological polar surface area (TPSA) is 71.8 Å². The molecule has 1 saturated heterocycles. The lowest BCUT2D eigenvalue weighted by molar-refractivity contribution is -0.125. The van der Waals surface area contributed by atoms with Crippen molar-refractivity contribution in [2.24, 2.45) is 0 Å². The van der Waals surface area contributed by atoms with Gasteiger partial charge in [0, 0.05) is 11.9 Å². The molecule has 1 N–H and O–H groups in total. The molecule has 0 radical (unpaired) electrons. The van der Waals surface area contributed by atoms with Crippen molar-refractivity contribution < 1.29 is 18.7 Å². The van der Waals surface area contributed by atoms with Gasteiger partial charge < -0.3 is 19.4 Å². The largest absolute Gasteiger partial charge is 0.490 e. The van der Waals surface area contributed by atoms with Crippen molar-refractivity contribution in [2.45, 2.75) is 38.8 Å². The molecule has 0 aliphatic carbocycles. The van der Waals surface area contributed by atoms with Gasteiger partial charge in [0.15, 0.2) is 11.3 Å². The molecule has 0 saturated carbocycles. The van der Waals surface area contributed by atoms with Gasteiger partial charge in [-0.25, -0.2) is 0 Å². The summed E-state index contributed by atoms with van der Waals surface area (Å²) in [7, 11) is 0. The summed E-state index contributed by atoms with van der Waals surface area (Å²) < 4.78 is 11.6. The van der Waals surface area contributed by atoms with E-state index in [0.29, 0.717) is 41.5 Å². The highest BCUT2D eigenvalue weighted by atomic mass is 32.1. The fraction of sp³-hybridized carbons (Fsp3) is 0.364. The number of hydrogen-bond acceptors (Lipinski definition) is 5. The number of carbonyl (C=O) groups is 2. The van der Waals surface area contributed by atoms with Gasteiger partial charge in [-0.15, -0.1) is 11.3 Å². The van der Waals surface area contributed by atoms with Crippen LogP contribution in [0.1, 0.15) is 48.2 Å². The van der Waals surface area contributed by atoms with E-state index in [-0.39, 0.29) is 17.9 Å². The Balaban J connectivity index is 1.48. The predicted octanol–water partition coefficient (Wildman–Crippen LogP) is 4.38. The number of rotatable bonds is 6. The normalized spacial score (nSPS) is 17.4. The molecule has 3 heterocycles. The van der Waals surface area contributed by atoms with Crippen LogP contribution in [0.5, 0.6) is 5.75 Å². The molecule has 29 heavy (non-hydrogen) atoms. The van der Waals surface area contributed by atoms with E-state index in [1.807, 2.05) is 49.6 Å². The number of hydrogen-bond donors (Lipinski definition) is 1. The number of ether oxygens (including phenoxy) is 1. The minimum absolute atomic E-state index is 0.0737. The Morgan fingerprint density at radius 2 is 2.21 bits per heavy atom. The number of nitrogens with zero attached hydrogens (tertiary/aromatic N) is 1. The van der Waals surface area contributed by atoms with Crippen LogP contribution >= 0.6 is 11.3 Å². The lowest BCUT2D eigenvalue weighted by Crippen LogP contribution is -2.46. The van der Waals surface area contributed by atoms with E-state index in [1.165, 1.54) is 11.3 Å². The fourth-order valence-corrected chi connectivity index (χ4v) is 4.42. The van der Waals surface area contributed by atoms with Gasteiger partial charge in [0.1, 0.15) is 11.8 Å². The fourth-order valence-electron chi connectivity index (χ4n) is 3.74. The number of para-hydroxylation sites is 1. The zero-order valence-electron chi connectivity index (χ0n) is 16.5. The number of likely N-dealkylation sites (tertiary alicyclic amines) is 1. The second-order valence-corrected chi connectivity index (χ2v) is 8.07. The lowest BCUT2D eigenvalue weighted by atomic mass is 10.1. The van der Waals surface area contributed by atoms with Gasteiger partial charge in [0.25, 0.3) is 5.91 Å². The van der Waals surface area contributed by atoms with Crippen LogP contribution in [0.3, 0.4) is 0 Å². The molecule has 0 bridgehead atoms. The highest BCUT2D eigenvalue weighted by Crippen LogP contribution is 2.31. The molecule has 1 aliphatic heterocycles. The second kappa shape index (κ2) is 8.29. The number of amides is 2. The number of nitrogens with one attached hydrogen (secondary N) is 1. The summed E-state index contributed by atoms with van der Waals surface area (Å²) in [6.45, 7) is 4.97. The Morgan fingerprint density at radius 3 is 2.97 bits per heavy atom. The SMILES string of the molecule is CCOc1cccc2cc(C(C)NC(=O)[C@@H]3CCCN3C(=O)c3cccs3)oc12. The van der Waals surface area contributed by atoms with E-state index in [4.69, 9.17) is 9.15 Å². The molecular formula is C22H24N2O4S. The van der Waals surface area contributed by atoms with Crippen LogP contribution in [0.25, 0.3) is 11.0 Å². The van der Waals surface area contributed by atoms with Crippen LogP contribution in [0.2, 0.25) is 0 Å². The number of thiophene rings is 1. The molecule has 1 aliphatic rings. The summed E-state index contributed by atoms with van der Waals surface area (Å²) in [5.74, 6) is 1.13. The molecule has 1 aromatic carbocycles. The Hall–Kier alpha value is -2.80. The van der Waals surface area contributed by atoms with Crippen LogP contribution in [-0.2, 0) is 4.79 Å². The molecule has 6 nitrogen and oxygen atoms in total. The Kier molecular flexibility index (Phi) is 5.58. The Bertz CT molecular complexity index is 1010. The number of furan rings is 1. The van der Waals surface area contributed by atoms with Crippen molar-refractivity contribution >= 4 is 34.1 Å². The van der Waals surface area contributed by atoms with Gasteiger partial charge in [-0.2, -0.15) is 0 Å². The van der Waals surface area contributed by atoms with E-state index < -0.39 is 6.04 Å². The molecule has 152 valence electrons. The van der Waals surface area contributed by atoms with Gasteiger partial charge >= 0.3 is 0 Å². The van der Waals surface area contributed by atoms with Gasteiger partial charge in [0.2, 0.25) is 5.91 Å². The van der Waals surface area contributed by atoms with Crippen molar-refractivity contribution in [3.8, 4) is 5.75 Å². The van der Waals surface area contributed by atoms with E-state index in [1.54, 1.807) is 11.0 Å². The summed E-state index contributed by atoms with van der Waals surface area (Å²) in [6, 6.07) is 10.6. The zero-order chi connectivity index (χ0) is 20.4. The number of benzene rings is 1. The van der Waals surface area contributed by atoms with E-state index in [0.717, 1.165) is 11.8 Å². The van der Waals surface area contributed by atoms with Crippen molar-refractivity contribution in [1.29, 1.82) is 0 Å². The third-order valence-electron chi connectivity index (χ3n) is 5.16. The zero-order valence-corrected chi connectivity index (χ0v) is 17.3. The molecule has 2 atom stereocenters. The van der Waals surface area contributed by atoms with Crippen LogP contribution in [0.15, 0.2) is 46.2 Å². The van der Waals surface area contributed by atoms with Crippen molar-refractivity contribution in [3.63, 3.8) is 0 Å². The molecule has 2 aromatic heterocycles. The molecule has 1 unspecified atom stereocenters. The summed E-state index contributed by atoms with van der Waals surface area (Å²) >= 11 is 1.40. The first-order valence-electron chi connectivity index (χ1n) is 9.88. The third kappa shape index (κ3) is 3.87. The van der Waals surface area contributed by atoms with Gasteiger partial charge in [-0.05, 0) is 50.3 Å². The molecule has 1 fully saturated rings. The molecule has 0 spiro atoms. The predicted molar refractivity (Wildman–Crippen MR) is 112 cm³/mol. The highest BCUT2D eigenvalue weighted by molar-refractivity contribution is 7.12. The van der Waals surface area contributed by atoms with E-state index >= 15 is 0 Å². The molecular weight excluding hydrogens is 388 g/mol. The van der Waals surface area contributed by atoms with Crippen molar-refractivity contribution in [1.82, 2.24) is 10.2 Å². The number of carbonyl (C=O) groups excluding carboxylic acids is 2. The first kappa shape index (κ1) is 19.5. The maximum Gasteiger partial charge on any atom is 0.264 e. The van der Waals surface area contributed by atoms with Gasteiger partial charge in [0.05, 0.1) is 17.5 Å². The van der Waals surface area contributed by atoms with E-state index in [9.17, 15) is 9.59 Å². The summed E-state index contributed by atoms with van der Waals surface area (Å²) in [4.78, 5) is 28.0. The highest BCUT2D eigenvalue weighted by Gasteiger charge is 2.35. The minimum Gasteiger partial charge on any atom is -0.490 e. The first-order valence-corrected chi connectivity index (χ1v) is 10.8. The number of fused-ring (bicyclic) bond motifs is 1. The van der Waals surface area contributed by atoms with Gasteiger partial charge in [-0.3, -0.25) is 9.59 Å². The lowest BCUT2D eigenvalue weighted by Gasteiger charge is -2.24. The standard InChI is InChI=1S/C22H24N2O4S/c1-3-27-17-9-4-7-15-13-18(28-20(15)17)14(2)23-21(25)16-8-5-11-24(16)22(26)19-10-6-12-29-19/h4,6-7,9-10,12-14,16H,3,5,8,11H2,1-2H3,(H,23,25)/t14?,16-/m0/s1. The minimum atomic E-state index is -0.449. The Labute approximate surface area is 173 Å². The quantitative estimate of drug-likeness (QED) is 0.652. The molecule has 7 heteroatoms. The third-order valence-corrected chi connectivity index (χ3v) is 6.02. The monoisotopic (exact) mass is 412 g/mol. The average Bonchev–Trinajstić information content (AvgIpc) is 3.47. The summed E-state index contributed by atoms with van der Waals surface area (Å²) in [6.07, 6.45) is 1.50. The van der Waals surface area contributed by atoms with Crippen LogP contribution in [-0.4, -0.2) is 35.9 Å². The smallest absolute Gasteiger partial charge is 0.264 e. The summed E-state index contributed by atoms with van der Waals surface area (Å²) in [5.41, 5.74) is 0.681. The van der Waals surface area contributed by atoms with E-state index in [2.05, 4.69) is 5.32 Å². The summed E-state index contributed by atoms with van der Waals surface area (Å²) in [5, 5.41) is 5.82. The Morgan fingerprint density at radius 1 is 1.34 bits per heavy atom. The van der Waals surface area contributed by atoms with Gasteiger partial charge in [-0.1, -0.05) is 18.2 Å². The first-order chi connectivity index (χ1) is 14.1. The van der Waals surface area contributed by atoms with Crippen LogP contribution < -0.4 is 10.1 Å². The van der Waals surface area contributed by atoms with Crippen molar-refractivity contribution in [2.75, 3.05) is 13.2 Å². The molecule has 4 rings (SSSR count). The van der Waals surface area contributed by atoms with Crippen LogP contribution in [0.4, 0.5) is 0 Å².